The van der Waals surface area contributed by atoms with E-state index < -0.39 is 0 Å². The van der Waals surface area contributed by atoms with E-state index >= 15 is 0 Å². The third-order valence-electron chi connectivity index (χ3n) is 2.12. The van der Waals surface area contributed by atoms with E-state index in [1.807, 2.05) is 18.4 Å². The van der Waals surface area contributed by atoms with Crippen LogP contribution in [0.3, 0.4) is 0 Å². The lowest BCUT2D eigenvalue weighted by Crippen LogP contribution is -2.34. The van der Waals surface area contributed by atoms with E-state index in [9.17, 15) is 0 Å². The van der Waals surface area contributed by atoms with Crippen LogP contribution in [0.25, 0.3) is 0 Å². The Labute approximate surface area is 94.7 Å². The Morgan fingerprint density at radius 2 is 2.14 bits per heavy atom. The fourth-order valence-electron chi connectivity index (χ4n) is 1.43. The Hall–Kier alpha value is -0.610. The number of nitrogens with one attached hydrogen (secondary N) is 2. The molecule has 0 amide bonds. The topological polar surface area (TPSA) is 24.1 Å². The molecule has 0 saturated heterocycles. The summed E-state index contributed by atoms with van der Waals surface area (Å²) in [6.07, 6.45) is 0. The Bertz CT molecular complexity index is 331. The highest BCUT2D eigenvalue weighted by Crippen LogP contribution is 2.25. The van der Waals surface area contributed by atoms with Gasteiger partial charge in [0.05, 0.1) is 6.04 Å². The molecule has 78 valence electrons. The molecule has 14 heavy (non-hydrogen) atoms. The van der Waals surface area contributed by atoms with Gasteiger partial charge in [-0.15, -0.1) is 11.3 Å². The molecule has 0 aliphatic carbocycles. The van der Waals surface area contributed by atoms with E-state index in [-0.39, 0.29) is 6.04 Å². The summed E-state index contributed by atoms with van der Waals surface area (Å²) in [7, 11) is 1.83. The summed E-state index contributed by atoms with van der Waals surface area (Å²) in [5.74, 6) is 0. The minimum atomic E-state index is 0.278. The Morgan fingerprint density at radius 3 is 2.57 bits per heavy atom. The van der Waals surface area contributed by atoms with Gasteiger partial charge in [0.15, 0.2) is 5.11 Å². The zero-order valence-electron chi connectivity index (χ0n) is 8.97. The van der Waals surface area contributed by atoms with E-state index in [4.69, 9.17) is 12.2 Å². The van der Waals surface area contributed by atoms with Crippen LogP contribution >= 0.6 is 23.6 Å². The molecule has 1 aromatic heterocycles. The molecule has 1 heterocycles. The zero-order valence-corrected chi connectivity index (χ0v) is 10.6. The molecule has 0 saturated carbocycles. The van der Waals surface area contributed by atoms with E-state index in [1.165, 1.54) is 15.3 Å². The van der Waals surface area contributed by atoms with Gasteiger partial charge in [0.25, 0.3) is 0 Å². The summed E-state index contributed by atoms with van der Waals surface area (Å²) in [5, 5.41) is 6.84. The van der Waals surface area contributed by atoms with Crippen LogP contribution in [-0.4, -0.2) is 12.2 Å². The third-order valence-corrected chi connectivity index (χ3v) is 3.42. The van der Waals surface area contributed by atoms with Crippen LogP contribution in [0.4, 0.5) is 0 Å². The molecule has 0 aliphatic heterocycles. The molecular formula is C10H16N2S2. The van der Waals surface area contributed by atoms with Gasteiger partial charge in [-0.1, -0.05) is 0 Å². The molecule has 0 aliphatic rings. The van der Waals surface area contributed by atoms with Crippen LogP contribution in [0.2, 0.25) is 0 Å². The van der Waals surface area contributed by atoms with Crippen LogP contribution in [0, 0.1) is 13.8 Å². The Morgan fingerprint density at radius 1 is 1.50 bits per heavy atom. The number of thiophene rings is 1. The average Bonchev–Trinajstić information content (AvgIpc) is 2.45. The quantitative estimate of drug-likeness (QED) is 0.761. The highest BCUT2D eigenvalue weighted by atomic mass is 32.1. The molecular weight excluding hydrogens is 212 g/mol. The SMILES string of the molecule is CNC(=S)NC(C)c1cc(C)sc1C. The van der Waals surface area contributed by atoms with Crippen molar-refractivity contribution in [2.24, 2.45) is 0 Å². The molecule has 1 rings (SSSR count). The second-order valence-corrected chi connectivity index (χ2v) is 5.18. The maximum atomic E-state index is 5.06. The lowest BCUT2D eigenvalue weighted by molar-refractivity contribution is 0.708. The molecule has 2 N–H and O–H groups in total. The monoisotopic (exact) mass is 228 g/mol. The number of aryl methyl sites for hydroxylation is 2. The summed E-state index contributed by atoms with van der Waals surface area (Å²) in [6.45, 7) is 6.40. The second-order valence-electron chi connectivity index (χ2n) is 3.31. The molecule has 2 nitrogen and oxygen atoms in total. The minimum Gasteiger partial charge on any atom is -0.366 e. The predicted molar refractivity (Wildman–Crippen MR) is 67.0 cm³/mol. The molecule has 1 unspecified atom stereocenters. The molecule has 0 aromatic carbocycles. The first-order valence-corrected chi connectivity index (χ1v) is 5.82. The van der Waals surface area contributed by atoms with Crippen molar-refractivity contribution in [3.63, 3.8) is 0 Å². The van der Waals surface area contributed by atoms with Gasteiger partial charge in [-0.05, 0) is 44.6 Å². The van der Waals surface area contributed by atoms with Gasteiger partial charge < -0.3 is 10.6 Å². The van der Waals surface area contributed by atoms with Crippen LogP contribution in [0.5, 0.6) is 0 Å². The molecule has 1 atom stereocenters. The molecule has 0 fully saturated rings. The summed E-state index contributed by atoms with van der Waals surface area (Å²) in [5.41, 5.74) is 1.34. The first-order valence-electron chi connectivity index (χ1n) is 4.59. The normalized spacial score (nSPS) is 12.3. The number of hydrogen-bond donors (Lipinski definition) is 2. The smallest absolute Gasteiger partial charge is 0.166 e. The fraction of sp³-hybridized carbons (Fsp3) is 0.500. The maximum Gasteiger partial charge on any atom is 0.166 e. The van der Waals surface area contributed by atoms with Crippen molar-refractivity contribution < 1.29 is 0 Å². The van der Waals surface area contributed by atoms with Crippen LogP contribution in [-0.2, 0) is 0 Å². The van der Waals surface area contributed by atoms with Gasteiger partial charge in [0, 0.05) is 16.8 Å². The lowest BCUT2D eigenvalue weighted by atomic mass is 10.1. The predicted octanol–water partition coefficient (Wildman–Crippen LogP) is 2.52. The Kier molecular flexibility index (Phi) is 3.89. The van der Waals surface area contributed by atoms with Crippen molar-refractivity contribution in [2.45, 2.75) is 26.8 Å². The van der Waals surface area contributed by atoms with Crippen molar-refractivity contribution in [2.75, 3.05) is 7.05 Å². The van der Waals surface area contributed by atoms with E-state index in [0.29, 0.717) is 5.11 Å². The number of thiocarbonyl (C=S) groups is 1. The molecule has 4 heteroatoms. The lowest BCUT2D eigenvalue weighted by Gasteiger charge is -2.15. The third kappa shape index (κ3) is 2.69. The van der Waals surface area contributed by atoms with Crippen LogP contribution in [0.1, 0.15) is 28.3 Å². The standard InChI is InChI=1S/C10H16N2S2/c1-6-5-9(8(3)14-6)7(2)12-10(13)11-4/h5,7H,1-4H3,(H2,11,12,13). The van der Waals surface area contributed by atoms with Gasteiger partial charge >= 0.3 is 0 Å². The van der Waals surface area contributed by atoms with Gasteiger partial charge in [-0.3, -0.25) is 0 Å². The highest BCUT2D eigenvalue weighted by Gasteiger charge is 2.11. The fourth-order valence-corrected chi connectivity index (χ4v) is 2.63. The number of hydrogen-bond acceptors (Lipinski definition) is 2. The van der Waals surface area contributed by atoms with E-state index in [1.54, 1.807) is 0 Å². The van der Waals surface area contributed by atoms with Crippen molar-refractivity contribution in [3.05, 3.63) is 21.4 Å². The Balaban J connectivity index is 2.73. The summed E-state index contributed by atoms with van der Waals surface area (Å²) in [4.78, 5) is 2.71. The van der Waals surface area contributed by atoms with E-state index in [2.05, 4.69) is 37.5 Å². The molecule has 1 aromatic rings. The van der Waals surface area contributed by atoms with Crippen LogP contribution in [0.15, 0.2) is 6.07 Å². The molecule has 0 bridgehead atoms. The second kappa shape index (κ2) is 4.75. The highest BCUT2D eigenvalue weighted by molar-refractivity contribution is 7.80. The maximum absolute atomic E-state index is 5.06. The first-order chi connectivity index (χ1) is 6.54. The summed E-state index contributed by atoms with van der Waals surface area (Å²) >= 11 is 6.89. The van der Waals surface area contributed by atoms with Crippen molar-refractivity contribution in [1.29, 1.82) is 0 Å². The van der Waals surface area contributed by atoms with Gasteiger partial charge in [-0.25, -0.2) is 0 Å². The van der Waals surface area contributed by atoms with Crippen molar-refractivity contribution in [1.82, 2.24) is 10.6 Å². The average molecular weight is 228 g/mol. The van der Waals surface area contributed by atoms with Gasteiger partial charge in [-0.2, -0.15) is 0 Å². The van der Waals surface area contributed by atoms with Crippen molar-refractivity contribution >= 4 is 28.7 Å². The molecule has 0 radical (unpaired) electrons. The minimum absolute atomic E-state index is 0.278. The molecule has 0 spiro atoms. The van der Waals surface area contributed by atoms with Crippen LogP contribution < -0.4 is 10.6 Å². The summed E-state index contributed by atoms with van der Waals surface area (Å²) in [6, 6.07) is 2.50. The number of rotatable bonds is 2. The van der Waals surface area contributed by atoms with Crippen molar-refractivity contribution in [3.8, 4) is 0 Å². The van der Waals surface area contributed by atoms with Gasteiger partial charge in [0.1, 0.15) is 0 Å². The summed E-state index contributed by atoms with van der Waals surface area (Å²) < 4.78 is 0. The largest absolute Gasteiger partial charge is 0.366 e. The zero-order chi connectivity index (χ0) is 10.7. The first kappa shape index (κ1) is 11.5. The van der Waals surface area contributed by atoms with E-state index in [0.717, 1.165) is 0 Å². The van der Waals surface area contributed by atoms with Gasteiger partial charge in [0.2, 0.25) is 0 Å².